The Morgan fingerprint density at radius 3 is 2.53 bits per heavy atom. The lowest BCUT2D eigenvalue weighted by atomic mass is 9.77. The van der Waals surface area contributed by atoms with Gasteiger partial charge >= 0.3 is 0 Å². The Morgan fingerprint density at radius 2 is 1.93 bits per heavy atom. The van der Waals surface area contributed by atoms with Crippen LogP contribution in [-0.2, 0) is 5.41 Å². The predicted octanol–water partition coefficient (Wildman–Crippen LogP) is 3.41. The molecule has 0 amide bonds. The summed E-state index contributed by atoms with van der Waals surface area (Å²) in [7, 11) is 2.17. The molecule has 80 valence electrons. The molecule has 0 spiro atoms. The fourth-order valence-electron chi connectivity index (χ4n) is 2.58. The van der Waals surface area contributed by atoms with E-state index in [9.17, 15) is 0 Å². The molecular formula is C14H20N+. The van der Waals surface area contributed by atoms with Crippen LogP contribution in [0.5, 0.6) is 0 Å². The van der Waals surface area contributed by atoms with Gasteiger partial charge in [-0.2, -0.15) is 0 Å². The summed E-state index contributed by atoms with van der Waals surface area (Å²) in [6.45, 7) is 9.04. The molecule has 1 aromatic carbocycles. The number of hydrogen-bond acceptors (Lipinski definition) is 0. The largest absolute Gasteiger partial charge is 0.209 e. The second-order valence-corrected chi connectivity index (χ2v) is 4.85. The molecule has 1 aromatic rings. The lowest BCUT2D eigenvalue weighted by Crippen LogP contribution is -2.28. The van der Waals surface area contributed by atoms with Gasteiger partial charge in [0.1, 0.15) is 7.05 Å². The summed E-state index contributed by atoms with van der Waals surface area (Å²) >= 11 is 0. The maximum Gasteiger partial charge on any atom is 0.209 e. The summed E-state index contributed by atoms with van der Waals surface area (Å²) in [5, 5.41) is 0. The number of fused-ring (bicyclic) bond motifs is 1. The molecule has 0 fully saturated rings. The molecule has 0 radical (unpaired) electrons. The quantitative estimate of drug-likeness (QED) is 0.614. The Kier molecular flexibility index (Phi) is 2.22. The van der Waals surface area contributed by atoms with E-state index in [0.717, 1.165) is 0 Å². The summed E-state index contributed by atoms with van der Waals surface area (Å²) < 4.78 is 2.33. The van der Waals surface area contributed by atoms with Crippen LogP contribution in [0.4, 0.5) is 5.69 Å². The van der Waals surface area contributed by atoms with Gasteiger partial charge in [0.2, 0.25) is 5.69 Å². The van der Waals surface area contributed by atoms with E-state index >= 15 is 0 Å². The molecule has 0 unspecified atom stereocenters. The lowest BCUT2D eigenvalue weighted by Gasteiger charge is -2.19. The van der Waals surface area contributed by atoms with Crippen LogP contribution in [0, 0.1) is 6.92 Å². The first-order valence-corrected chi connectivity index (χ1v) is 5.69. The van der Waals surface area contributed by atoms with Crippen molar-refractivity contribution in [2.24, 2.45) is 0 Å². The monoisotopic (exact) mass is 202 g/mol. The first kappa shape index (κ1) is 10.4. The topological polar surface area (TPSA) is 3.01 Å². The van der Waals surface area contributed by atoms with Gasteiger partial charge in [-0.3, -0.25) is 0 Å². The Labute approximate surface area is 92.5 Å². The molecule has 1 atom stereocenters. The van der Waals surface area contributed by atoms with Gasteiger partial charge in [-0.25, -0.2) is 4.58 Å². The molecular weight excluding hydrogens is 182 g/mol. The fourth-order valence-corrected chi connectivity index (χ4v) is 2.58. The summed E-state index contributed by atoms with van der Waals surface area (Å²) in [6.07, 6.45) is 1.17. The minimum atomic E-state index is 0.232. The third kappa shape index (κ3) is 1.26. The van der Waals surface area contributed by atoms with Gasteiger partial charge in [0.25, 0.3) is 0 Å². The molecule has 0 saturated carbocycles. The number of nitrogens with zero attached hydrogens (tertiary/aromatic N) is 1. The first-order chi connectivity index (χ1) is 7.00. The zero-order chi connectivity index (χ0) is 11.2. The van der Waals surface area contributed by atoms with E-state index in [1.807, 2.05) is 0 Å². The van der Waals surface area contributed by atoms with Crippen LogP contribution < -0.4 is 0 Å². The Hall–Kier alpha value is -1.11. The highest BCUT2D eigenvalue weighted by Gasteiger charge is 2.43. The number of hydrogen-bond donors (Lipinski definition) is 0. The van der Waals surface area contributed by atoms with Crippen LogP contribution >= 0.6 is 0 Å². The van der Waals surface area contributed by atoms with E-state index in [-0.39, 0.29) is 5.41 Å². The van der Waals surface area contributed by atoms with Crippen molar-refractivity contribution in [3.8, 4) is 0 Å². The van der Waals surface area contributed by atoms with E-state index in [4.69, 9.17) is 0 Å². The van der Waals surface area contributed by atoms with Gasteiger partial charge in [0.05, 0.1) is 5.41 Å². The molecule has 1 aliphatic heterocycles. The smallest absolute Gasteiger partial charge is 0.202 e. The highest BCUT2D eigenvalue weighted by atomic mass is 15.0. The first-order valence-electron chi connectivity index (χ1n) is 5.69. The van der Waals surface area contributed by atoms with Crippen LogP contribution in [0.3, 0.4) is 0 Å². The lowest BCUT2D eigenvalue weighted by molar-refractivity contribution is -0.403. The normalized spacial score (nSPS) is 24.6. The van der Waals surface area contributed by atoms with Crippen molar-refractivity contribution in [1.29, 1.82) is 0 Å². The van der Waals surface area contributed by atoms with Crippen LogP contribution in [0.1, 0.15) is 38.3 Å². The van der Waals surface area contributed by atoms with Crippen LogP contribution in [0.25, 0.3) is 0 Å². The molecule has 0 N–H and O–H groups in total. The number of aryl methyl sites for hydroxylation is 1. The van der Waals surface area contributed by atoms with E-state index in [2.05, 4.69) is 57.5 Å². The summed E-state index contributed by atoms with van der Waals surface area (Å²) in [4.78, 5) is 0. The van der Waals surface area contributed by atoms with Gasteiger partial charge in [0.15, 0.2) is 5.71 Å². The fraction of sp³-hybridized carbons (Fsp3) is 0.500. The Morgan fingerprint density at radius 1 is 1.27 bits per heavy atom. The molecule has 0 bridgehead atoms. The van der Waals surface area contributed by atoms with Crippen molar-refractivity contribution in [1.82, 2.24) is 0 Å². The van der Waals surface area contributed by atoms with Crippen molar-refractivity contribution < 1.29 is 4.58 Å². The van der Waals surface area contributed by atoms with Crippen molar-refractivity contribution in [2.45, 2.75) is 39.5 Å². The van der Waals surface area contributed by atoms with Gasteiger partial charge in [0, 0.05) is 18.6 Å². The zero-order valence-corrected chi connectivity index (χ0v) is 10.4. The number of rotatable bonds is 1. The molecule has 0 aliphatic carbocycles. The molecule has 0 aromatic heterocycles. The molecule has 0 saturated heterocycles. The minimum Gasteiger partial charge on any atom is -0.202 e. The van der Waals surface area contributed by atoms with Crippen LogP contribution in [-0.4, -0.2) is 17.3 Å². The average Bonchev–Trinajstić information content (AvgIpc) is 2.42. The molecule has 2 rings (SSSR count). The van der Waals surface area contributed by atoms with E-state index in [0.29, 0.717) is 0 Å². The second-order valence-electron chi connectivity index (χ2n) is 4.85. The van der Waals surface area contributed by atoms with Crippen molar-refractivity contribution >= 4 is 11.4 Å². The summed E-state index contributed by atoms with van der Waals surface area (Å²) in [6, 6.07) is 6.78. The Bertz CT molecular complexity index is 443. The van der Waals surface area contributed by atoms with E-state index < -0.39 is 0 Å². The van der Waals surface area contributed by atoms with E-state index in [1.165, 1.54) is 28.9 Å². The predicted molar refractivity (Wildman–Crippen MR) is 65.3 cm³/mol. The standard InChI is InChI=1S/C14H20N/c1-6-14(4)11(3)15(5)13-8-7-10(2)9-12(13)14/h7-9H,6H2,1-5H3/q+1/t14-/m0/s1. The number of benzene rings is 1. The second kappa shape index (κ2) is 3.19. The summed E-state index contributed by atoms with van der Waals surface area (Å²) in [5.74, 6) is 0. The molecule has 1 nitrogen and oxygen atoms in total. The molecule has 1 aliphatic rings. The third-order valence-electron chi connectivity index (χ3n) is 4.12. The van der Waals surface area contributed by atoms with Gasteiger partial charge < -0.3 is 0 Å². The zero-order valence-electron chi connectivity index (χ0n) is 10.4. The summed E-state index contributed by atoms with van der Waals surface area (Å²) in [5.41, 5.74) is 5.92. The minimum absolute atomic E-state index is 0.232. The Balaban J connectivity index is 2.71. The van der Waals surface area contributed by atoms with Crippen LogP contribution in [0.2, 0.25) is 0 Å². The van der Waals surface area contributed by atoms with Crippen molar-refractivity contribution in [3.63, 3.8) is 0 Å². The average molecular weight is 202 g/mol. The van der Waals surface area contributed by atoms with Crippen LogP contribution in [0.15, 0.2) is 18.2 Å². The van der Waals surface area contributed by atoms with Gasteiger partial charge in [-0.1, -0.05) is 18.6 Å². The van der Waals surface area contributed by atoms with Crippen molar-refractivity contribution in [3.05, 3.63) is 29.3 Å². The SMILES string of the molecule is CC[C@@]1(C)C(C)=[N+](C)c2ccc(C)cc21. The third-order valence-corrected chi connectivity index (χ3v) is 4.12. The maximum absolute atomic E-state index is 2.35. The molecule has 15 heavy (non-hydrogen) atoms. The van der Waals surface area contributed by atoms with Gasteiger partial charge in [-0.15, -0.1) is 0 Å². The van der Waals surface area contributed by atoms with Gasteiger partial charge in [-0.05, 0) is 26.3 Å². The van der Waals surface area contributed by atoms with Crippen molar-refractivity contribution in [2.75, 3.05) is 7.05 Å². The van der Waals surface area contributed by atoms with E-state index in [1.54, 1.807) is 0 Å². The molecule has 1 heteroatoms. The maximum atomic E-state index is 2.35. The molecule has 1 heterocycles. The highest BCUT2D eigenvalue weighted by Crippen LogP contribution is 2.41. The highest BCUT2D eigenvalue weighted by molar-refractivity contribution is 5.93.